The lowest BCUT2D eigenvalue weighted by molar-refractivity contribution is 0.0273. The zero-order valence-electron chi connectivity index (χ0n) is 35.6. The van der Waals surface area contributed by atoms with Crippen LogP contribution in [-0.2, 0) is 45.1 Å². The summed E-state index contributed by atoms with van der Waals surface area (Å²) in [4.78, 5) is 0. The van der Waals surface area contributed by atoms with E-state index in [1.807, 2.05) is 84.9 Å². The third kappa shape index (κ3) is 18.1. The molecule has 0 spiro atoms. The number of hydrogen-bond acceptors (Lipinski definition) is 10. The van der Waals surface area contributed by atoms with Crippen LogP contribution in [0.4, 0.5) is 0 Å². The van der Waals surface area contributed by atoms with E-state index < -0.39 is 0 Å². The van der Waals surface area contributed by atoms with Crippen molar-refractivity contribution in [3.63, 3.8) is 0 Å². The normalized spacial score (nSPS) is 11.0. The molecule has 326 valence electrons. The molecule has 10 nitrogen and oxygen atoms in total. The first kappa shape index (κ1) is 45.8. The van der Waals surface area contributed by atoms with Gasteiger partial charge in [0.25, 0.3) is 0 Å². The van der Waals surface area contributed by atoms with Crippen LogP contribution < -0.4 is 29.6 Å². The fourth-order valence-electron chi connectivity index (χ4n) is 6.31. The molecule has 6 aromatic carbocycles. The van der Waals surface area contributed by atoms with E-state index in [1.165, 1.54) is 22.3 Å². The van der Waals surface area contributed by atoms with Gasteiger partial charge in [0, 0.05) is 26.2 Å². The molecule has 0 saturated carbocycles. The van der Waals surface area contributed by atoms with Crippen LogP contribution in [0.2, 0.25) is 0 Å². The van der Waals surface area contributed by atoms with E-state index >= 15 is 0 Å². The van der Waals surface area contributed by atoms with Gasteiger partial charge in [0.05, 0.1) is 52.9 Å². The Kier molecular flexibility index (Phi) is 20.7. The van der Waals surface area contributed by atoms with Crippen LogP contribution in [0, 0.1) is 0 Å². The average Bonchev–Trinajstić information content (AvgIpc) is 3.32. The molecule has 10 heteroatoms. The first-order chi connectivity index (χ1) is 30.8. The van der Waals surface area contributed by atoms with Crippen LogP contribution in [-0.4, -0.2) is 79.3 Å². The number of rotatable bonds is 31. The van der Waals surface area contributed by atoms with Gasteiger partial charge in [-0.25, -0.2) is 0 Å². The van der Waals surface area contributed by atoms with Crippen molar-refractivity contribution in [2.75, 3.05) is 79.3 Å². The summed E-state index contributed by atoms with van der Waals surface area (Å²) in [5.74, 6) is 3.26. The van der Waals surface area contributed by atoms with Gasteiger partial charge in [-0.1, -0.05) is 109 Å². The molecule has 6 aromatic rings. The van der Waals surface area contributed by atoms with Crippen molar-refractivity contribution in [3.05, 3.63) is 180 Å². The average molecular weight is 841 g/mol. The van der Waals surface area contributed by atoms with Gasteiger partial charge in [-0.15, -0.1) is 0 Å². The van der Waals surface area contributed by atoms with E-state index in [0.29, 0.717) is 79.3 Å². The van der Waals surface area contributed by atoms with Gasteiger partial charge >= 0.3 is 0 Å². The van der Waals surface area contributed by atoms with E-state index in [0.717, 1.165) is 60.3 Å². The molecule has 0 heterocycles. The molecule has 62 heavy (non-hydrogen) atoms. The van der Waals surface area contributed by atoms with Gasteiger partial charge in [-0.3, -0.25) is 0 Å². The van der Waals surface area contributed by atoms with Crippen LogP contribution in [0.15, 0.2) is 158 Å². The molecule has 0 fully saturated rings. The number of nitrogens with one attached hydrogen (secondary N) is 2. The summed E-state index contributed by atoms with van der Waals surface area (Å²) >= 11 is 0. The second kappa shape index (κ2) is 28.0. The highest BCUT2D eigenvalue weighted by molar-refractivity contribution is 5.64. The predicted molar refractivity (Wildman–Crippen MR) is 244 cm³/mol. The molecule has 0 aliphatic heterocycles. The third-order valence-corrected chi connectivity index (χ3v) is 9.62. The summed E-state index contributed by atoms with van der Waals surface area (Å²) in [7, 11) is 0. The van der Waals surface area contributed by atoms with E-state index in [1.54, 1.807) is 0 Å². The Labute approximate surface area is 367 Å². The maximum absolute atomic E-state index is 5.86. The van der Waals surface area contributed by atoms with Crippen molar-refractivity contribution in [2.45, 2.75) is 26.2 Å². The topological polar surface area (TPSA) is 97.9 Å². The minimum Gasteiger partial charge on any atom is -0.491 e. The number of ether oxygens (including phenoxy) is 8. The Morgan fingerprint density at radius 3 is 0.774 bits per heavy atom. The van der Waals surface area contributed by atoms with E-state index in [9.17, 15) is 0 Å². The second-order valence-electron chi connectivity index (χ2n) is 14.4. The van der Waals surface area contributed by atoms with Crippen LogP contribution >= 0.6 is 0 Å². The summed E-state index contributed by atoms with van der Waals surface area (Å²) in [6.45, 7) is 9.16. The Hall–Kier alpha value is -5.72. The summed E-state index contributed by atoms with van der Waals surface area (Å²) in [5.41, 5.74) is 7.18. The minimum absolute atomic E-state index is 0.461. The molecule has 0 bridgehead atoms. The maximum atomic E-state index is 5.86. The van der Waals surface area contributed by atoms with Crippen LogP contribution in [0.25, 0.3) is 11.1 Å². The van der Waals surface area contributed by atoms with Crippen molar-refractivity contribution in [2.24, 2.45) is 0 Å². The molecular formula is C52H60N2O8. The van der Waals surface area contributed by atoms with Crippen molar-refractivity contribution < 1.29 is 37.9 Å². The first-order valence-electron chi connectivity index (χ1n) is 21.5. The molecule has 0 unspecified atom stereocenters. The second-order valence-corrected chi connectivity index (χ2v) is 14.4. The number of benzene rings is 6. The highest BCUT2D eigenvalue weighted by atomic mass is 16.6. The third-order valence-electron chi connectivity index (χ3n) is 9.62. The lowest BCUT2D eigenvalue weighted by atomic mass is 10.1. The smallest absolute Gasteiger partial charge is 0.119 e. The minimum atomic E-state index is 0.461. The molecule has 0 aliphatic carbocycles. The zero-order chi connectivity index (χ0) is 42.5. The van der Waals surface area contributed by atoms with Gasteiger partial charge < -0.3 is 48.5 Å². The van der Waals surface area contributed by atoms with Crippen molar-refractivity contribution >= 4 is 0 Å². The fourth-order valence-corrected chi connectivity index (χ4v) is 6.31. The molecule has 6 rings (SSSR count). The predicted octanol–water partition coefficient (Wildman–Crippen LogP) is 8.92. The van der Waals surface area contributed by atoms with Crippen LogP contribution in [0.1, 0.15) is 22.3 Å². The van der Waals surface area contributed by atoms with E-state index in [2.05, 4.69) is 83.4 Å². The number of hydrogen-bond donors (Lipinski definition) is 2. The molecule has 0 radical (unpaired) electrons. The van der Waals surface area contributed by atoms with Gasteiger partial charge in [-0.05, 0) is 81.9 Å². The van der Waals surface area contributed by atoms with E-state index in [4.69, 9.17) is 37.9 Å². The molecule has 2 N–H and O–H groups in total. The standard InChI is InChI=1S/C52H60N2O8/c1-3-7-43(8-4-1)39-53-41-45-11-19-49(20-12-45)59-35-31-55-27-29-57-33-37-61-51-23-15-47(16-24-51)48-17-25-52(26-18-48)62-38-34-58-30-28-56-32-36-60-50-21-13-46(14-22-50)42-54-40-44-9-5-2-6-10-44/h1-26,53-54H,27-42H2. The Bertz CT molecular complexity index is 1880. The lowest BCUT2D eigenvalue weighted by Crippen LogP contribution is -2.13. The molecule has 0 aromatic heterocycles. The van der Waals surface area contributed by atoms with Crippen LogP contribution in [0.5, 0.6) is 23.0 Å². The summed E-state index contributed by atoms with van der Waals surface area (Å²) in [5, 5.41) is 6.93. The molecular weight excluding hydrogens is 781 g/mol. The van der Waals surface area contributed by atoms with Gasteiger partial charge in [0.2, 0.25) is 0 Å². The molecule has 0 atom stereocenters. The summed E-state index contributed by atoms with van der Waals surface area (Å²) < 4.78 is 46.0. The van der Waals surface area contributed by atoms with Crippen molar-refractivity contribution in [1.82, 2.24) is 10.6 Å². The molecule has 0 saturated heterocycles. The zero-order valence-corrected chi connectivity index (χ0v) is 35.6. The van der Waals surface area contributed by atoms with Crippen molar-refractivity contribution in [1.29, 1.82) is 0 Å². The highest BCUT2D eigenvalue weighted by Crippen LogP contribution is 2.25. The van der Waals surface area contributed by atoms with Gasteiger partial charge in [-0.2, -0.15) is 0 Å². The Morgan fingerprint density at radius 1 is 0.242 bits per heavy atom. The lowest BCUT2D eigenvalue weighted by Gasteiger charge is -2.10. The Morgan fingerprint density at radius 2 is 0.484 bits per heavy atom. The maximum Gasteiger partial charge on any atom is 0.119 e. The monoisotopic (exact) mass is 840 g/mol. The largest absolute Gasteiger partial charge is 0.491 e. The SMILES string of the molecule is c1ccc(CNCc2ccc(OCCOCCOCCOc3ccc(-c4ccc(OCCOCCOCCOc5ccc(CNCc6ccccc6)cc5)cc4)cc3)cc2)cc1. The van der Waals surface area contributed by atoms with Gasteiger partial charge in [0.15, 0.2) is 0 Å². The summed E-state index contributed by atoms with van der Waals surface area (Å²) in [6.07, 6.45) is 0. The first-order valence-corrected chi connectivity index (χ1v) is 21.5. The van der Waals surface area contributed by atoms with Gasteiger partial charge in [0.1, 0.15) is 49.4 Å². The Balaban J connectivity index is 0.709. The van der Waals surface area contributed by atoms with Crippen LogP contribution in [0.3, 0.4) is 0 Å². The van der Waals surface area contributed by atoms with Crippen molar-refractivity contribution in [3.8, 4) is 34.1 Å². The molecule has 0 aliphatic rings. The molecule has 0 amide bonds. The quantitative estimate of drug-likeness (QED) is 0.0414. The highest BCUT2D eigenvalue weighted by Gasteiger charge is 2.03. The summed E-state index contributed by atoms with van der Waals surface area (Å²) in [6, 6.07) is 53.2. The van der Waals surface area contributed by atoms with E-state index in [-0.39, 0.29) is 0 Å². The fraction of sp³-hybridized carbons (Fsp3) is 0.308.